The summed E-state index contributed by atoms with van der Waals surface area (Å²) in [5.74, 6) is 1.25. The number of carbonyl (C=O) groups is 2. The molecule has 0 aliphatic heterocycles. The van der Waals surface area contributed by atoms with Crippen LogP contribution in [0.2, 0.25) is 0 Å². The largest absolute Gasteiger partial charge is 0.494 e. The van der Waals surface area contributed by atoms with Crippen LogP contribution in [0.15, 0.2) is 48.5 Å². The molecule has 0 aliphatic carbocycles. The number of hydrogen-bond acceptors (Lipinski definition) is 4. The molecule has 0 unspecified atom stereocenters. The van der Waals surface area contributed by atoms with Gasteiger partial charge in [0, 0.05) is 12.2 Å². The van der Waals surface area contributed by atoms with E-state index >= 15 is 0 Å². The fourth-order valence-electron chi connectivity index (χ4n) is 2.40. The number of unbranched alkanes of at least 4 members (excludes halogenated alkanes) is 1. The standard InChI is InChI=1S/C22H28N2O3S/c1-17-5-9-19(10-6-17)24-22(26)16-28-15-21(25)23-13-3-4-14-27-20-11-7-18(2)8-12-20/h5-12H,3-4,13-16H2,1-2H3,(H,23,25)(H,24,26). The van der Waals surface area contributed by atoms with Crippen molar-refractivity contribution in [2.24, 2.45) is 0 Å². The van der Waals surface area contributed by atoms with Crippen molar-refractivity contribution in [2.45, 2.75) is 26.7 Å². The van der Waals surface area contributed by atoms with Crippen LogP contribution < -0.4 is 15.4 Å². The van der Waals surface area contributed by atoms with Gasteiger partial charge < -0.3 is 15.4 Å². The summed E-state index contributed by atoms with van der Waals surface area (Å²) in [4.78, 5) is 23.7. The molecule has 2 rings (SSSR count). The van der Waals surface area contributed by atoms with Gasteiger partial charge in [-0.05, 0) is 51.0 Å². The highest BCUT2D eigenvalue weighted by atomic mass is 32.2. The van der Waals surface area contributed by atoms with Crippen molar-refractivity contribution in [3.63, 3.8) is 0 Å². The van der Waals surface area contributed by atoms with Crippen molar-refractivity contribution in [1.82, 2.24) is 5.32 Å². The second kappa shape index (κ2) is 12.1. The fraction of sp³-hybridized carbons (Fsp3) is 0.364. The Kier molecular flexibility index (Phi) is 9.42. The third-order valence-corrected chi connectivity index (χ3v) is 4.92. The van der Waals surface area contributed by atoms with Crippen LogP contribution in [0.5, 0.6) is 5.75 Å². The highest BCUT2D eigenvalue weighted by molar-refractivity contribution is 8.00. The highest BCUT2D eigenvalue weighted by Gasteiger charge is 2.06. The topological polar surface area (TPSA) is 67.4 Å². The van der Waals surface area contributed by atoms with Crippen molar-refractivity contribution in [3.05, 3.63) is 59.7 Å². The van der Waals surface area contributed by atoms with Gasteiger partial charge in [0.05, 0.1) is 18.1 Å². The van der Waals surface area contributed by atoms with Gasteiger partial charge in [0.1, 0.15) is 5.75 Å². The summed E-state index contributed by atoms with van der Waals surface area (Å²) < 4.78 is 5.65. The Balaban J connectivity index is 1.47. The van der Waals surface area contributed by atoms with E-state index in [2.05, 4.69) is 10.6 Å². The van der Waals surface area contributed by atoms with E-state index in [9.17, 15) is 9.59 Å². The first kappa shape index (κ1) is 21.8. The first-order valence-corrected chi connectivity index (χ1v) is 10.6. The Morgan fingerprint density at radius 2 is 1.46 bits per heavy atom. The Morgan fingerprint density at radius 1 is 0.857 bits per heavy atom. The summed E-state index contributed by atoms with van der Waals surface area (Å²) in [6, 6.07) is 15.6. The normalized spacial score (nSPS) is 10.4. The first-order chi connectivity index (χ1) is 13.5. The molecule has 0 radical (unpaired) electrons. The minimum atomic E-state index is -0.102. The van der Waals surface area contributed by atoms with E-state index in [0.717, 1.165) is 29.8 Å². The lowest BCUT2D eigenvalue weighted by atomic mass is 10.2. The summed E-state index contributed by atoms with van der Waals surface area (Å²) in [6.07, 6.45) is 1.73. The van der Waals surface area contributed by atoms with Crippen LogP contribution >= 0.6 is 11.8 Å². The molecule has 0 bridgehead atoms. The van der Waals surface area contributed by atoms with Gasteiger partial charge in [0.2, 0.25) is 11.8 Å². The number of ether oxygens (including phenoxy) is 1. The highest BCUT2D eigenvalue weighted by Crippen LogP contribution is 2.12. The lowest BCUT2D eigenvalue weighted by Gasteiger charge is -2.08. The molecular formula is C22H28N2O3S. The van der Waals surface area contributed by atoms with Crippen LogP contribution in [-0.4, -0.2) is 36.5 Å². The molecule has 0 spiro atoms. The molecule has 0 saturated heterocycles. The molecule has 6 heteroatoms. The van der Waals surface area contributed by atoms with Crippen LogP contribution in [0.4, 0.5) is 5.69 Å². The van der Waals surface area contributed by atoms with Crippen LogP contribution in [0.1, 0.15) is 24.0 Å². The van der Waals surface area contributed by atoms with Crippen molar-refractivity contribution in [3.8, 4) is 5.75 Å². The minimum Gasteiger partial charge on any atom is -0.494 e. The van der Waals surface area contributed by atoms with Crippen LogP contribution in [-0.2, 0) is 9.59 Å². The molecule has 28 heavy (non-hydrogen) atoms. The van der Waals surface area contributed by atoms with Crippen molar-refractivity contribution in [1.29, 1.82) is 0 Å². The van der Waals surface area contributed by atoms with Crippen molar-refractivity contribution >= 4 is 29.3 Å². The fourth-order valence-corrected chi connectivity index (χ4v) is 3.05. The molecular weight excluding hydrogens is 372 g/mol. The van der Waals surface area contributed by atoms with Crippen molar-refractivity contribution < 1.29 is 14.3 Å². The number of nitrogens with one attached hydrogen (secondary N) is 2. The van der Waals surface area contributed by atoms with Gasteiger partial charge in [-0.1, -0.05) is 35.4 Å². The predicted molar refractivity (Wildman–Crippen MR) is 116 cm³/mol. The van der Waals surface area contributed by atoms with E-state index in [1.54, 1.807) is 0 Å². The van der Waals surface area contributed by atoms with Crippen LogP contribution in [0.25, 0.3) is 0 Å². The molecule has 2 amide bonds. The van der Waals surface area contributed by atoms with E-state index in [4.69, 9.17) is 4.74 Å². The number of rotatable bonds is 11. The molecule has 0 atom stereocenters. The third kappa shape index (κ3) is 8.95. The molecule has 2 aromatic rings. The van der Waals surface area contributed by atoms with Crippen LogP contribution in [0.3, 0.4) is 0 Å². The third-order valence-electron chi connectivity index (χ3n) is 3.98. The quantitative estimate of drug-likeness (QED) is 0.561. The summed E-state index contributed by atoms with van der Waals surface area (Å²) >= 11 is 1.31. The second-order valence-electron chi connectivity index (χ2n) is 6.63. The molecule has 2 aromatic carbocycles. The summed E-state index contributed by atoms with van der Waals surface area (Å²) in [5, 5.41) is 5.69. The van der Waals surface area contributed by atoms with Gasteiger partial charge in [0.25, 0.3) is 0 Å². The van der Waals surface area contributed by atoms with E-state index in [1.165, 1.54) is 17.3 Å². The zero-order valence-electron chi connectivity index (χ0n) is 16.5. The van der Waals surface area contributed by atoms with E-state index in [0.29, 0.717) is 13.2 Å². The van der Waals surface area contributed by atoms with Gasteiger partial charge in [-0.25, -0.2) is 0 Å². The predicted octanol–water partition coefficient (Wildman–Crippen LogP) is 3.95. The number of aryl methyl sites for hydroxylation is 2. The minimum absolute atomic E-state index is 0.0485. The lowest BCUT2D eigenvalue weighted by molar-refractivity contribution is -0.118. The summed E-state index contributed by atoms with van der Waals surface area (Å²) in [7, 11) is 0. The average Bonchev–Trinajstić information content (AvgIpc) is 2.68. The van der Waals surface area contributed by atoms with Crippen LogP contribution in [0, 0.1) is 13.8 Å². The molecule has 0 saturated carbocycles. The van der Waals surface area contributed by atoms with Gasteiger partial charge in [-0.15, -0.1) is 11.8 Å². The summed E-state index contributed by atoms with van der Waals surface area (Å²) in [5.41, 5.74) is 3.12. The first-order valence-electron chi connectivity index (χ1n) is 9.43. The second-order valence-corrected chi connectivity index (χ2v) is 7.61. The maximum Gasteiger partial charge on any atom is 0.234 e. The SMILES string of the molecule is Cc1ccc(NC(=O)CSCC(=O)NCCCCOc2ccc(C)cc2)cc1. The maximum atomic E-state index is 11.9. The van der Waals surface area contributed by atoms with E-state index in [-0.39, 0.29) is 23.3 Å². The molecule has 0 fully saturated rings. The maximum absolute atomic E-state index is 11.9. The number of carbonyl (C=O) groups excluding carboxylic acids is 2. The monoisotopic (exact) mass is 400 g/mol. The van der Waals surface area contributed by atoms with Gasteiger partial charge >= 0.3 is 0 Å². The Hall–Kier alpha value is -2.47. The Labute approximate surface area is 171 Å². The van der Waals surface area contributed by atoms with Gasteiger partial charge in [0.15, 0.2) is 0 Å². The average molecular weight is 401 g/mol. The molecule has 0 aromatic heterocycles. The van der Waals surface area contributed by atoms with E-state index in [1.807, 2.05) is 62.4 Å². The lowest BCUT2D eigenvalue weighted by Crippen LogP contribution is -2.27. The van der Waals surface area contributed by atoms with Crippen molar-refractivity contribution in [2.75, 3.05) is 30.0 Å². The Morgan fingerprint density at radius 3 is 2.14 bits per heavy atom. The molecule has 150 valence electrons. The number of hydrogen-bond donors (Lipinski definition) is 2. The zero-order valence-corrected chi connectivity index (χ0v) is 17.3. The Bertz CT molecular complexity index is 745. The molecule has 0 heterocycles. The number of amides is 2. The summed E-state index contributed by atoms with van der Waals surface area (Å²) in [6.45, 7) is 5.29. The molecule has 5 nitrogen and oxygen atoms in total. The van der Waals surface area contributed by atoms with Gasteiger partial charge in [-0.3, -0.25) is 9.59 Å². The molecule has 2 N–H and O–H groups in total. The van der Waals surface area contributed by atoms with E-state index < -0.39 is 0 Å². The number of thioether (sulfide) groups is 1. The van der Waals surface area contributed by atoms with Gasteiger partial charge in [-0.2, -0.15) is 0 Å². The number of benzene rings is 2. The number of anilines is 1. The molecule has 0 aliphatic rings. The smallest absolute Gasteiger partial charge is 0.234 e. The zero-order chi connectivity index (χ0) is 20.2.